The maximum Gasteiger partial charge on any atom is 0.261 e. The molecule has 0 aliphatic carbocycles. The van der Waals surface area contributed by atoms with Gasteiger partial charge in [0.2, 0.25) is 0 Å². The first-order chi connectivity index (χ1) is 11.7. The van der Waals surface area contributed by atoms with Gasteiger partial charge in [0.25, 0.3) is 10.1 Å². The van der Waals surface area contributed by atoms with Crippen LogP contribution in [0.2, 0.25) is 0 Å². The van der Waals surface area contributed by atoms with Gasteiger partial charge in [0.1, 0.15) is 0 Å². The molecule has 25 heavy (non-hydrogen) atoms. The van der Waals surface area contributed by atoms with Crippen molar-refractivity contribution in [1.82, 2.24) is 5.32 Å². The Morgan fingerprint density at radius 1 is 1.04 bits per heavy atom. The van der Waals surface area contributed by atoms with Gasteiger partial charge in [-0.25, -0.2) is 0 Å². The van der Waals surface area contributed by atoms with Gasteiger partial charge in [-0.1, -0.05) is 67.6 Å². The van der Waals surface area contributed by atoms with Crippen molar-refractivity contribution in [3.05, 3.63) is 71.8 Å². The van der Waals surface area contributed by atoms with Crippen molar-refractivity contribution in [2.45, 2.75) is 32.4 Å². The van der Waals surface area contributed by atoms with E-state index < -0.39 is 10.1 Å². The molecule has 0 amide bonds. The van der Waals surface area contributed by atoms with Gasteiger partial charge in [-0.2, -0.15) is 8.42 Å². The number of hydrogen-bond acceptors (Lipinski definition) is 4. The van der Waals surface area contributed by atoms with Crippen molar-refractivity contribution in [2.24, 2.45) is 0 Å². The average molecular weight is 363 g/mol. The molecule has 2 N–H and O–H groups in total. The zero-order valence-corrected chi connectivity index (χ0v) is 15.5. The van der Waals surface area contributed by atoms with E-state index in [1.165, 1.54) is 5.56 Å². The Labute approximate surface area is 149 Å². The van der Waals surface area contributed by atoms with E-state index in [1.807, 2.05) is 55.5 Å². The lowest BCUT2D eigenvalue weighted by Crippen LogP contribution is -2.37. The van der Waals surface area contributed by atoms with E-state index in [9.17, 15) is 13.2 Å². The van der Waals surface area contributed by atoms with Gasteiger partial charge in [0, 0.05) is 11.6 Å². The van der Waals surface area contributed by atoms with Crippen molar-refractivity contribution in [1.29, 1.82) is 0 Å². The number of rotatable bonds is 6. The van der Waals surface area contributed by atoms with Gasteiger partial charge in [-0.3, -0.25) is 9.35 Å². The smallest absolute Gasteiger partial charge is 0.261 e. The number of Topliss-reactive ketones (excluding diaryl/α,β-unsaturated/α-hetero) is 1. The third-order valence-corrected chi connectivity index (χ3v) is 3.53. The Kier molecular flexibility index (Phi) is 8.48. The van der Waals surface area contributed by atoms with E-state index in [0.29, 0.717) is 6.26 Å². The lowest BCUT2D eigenvalue weighted by Gasteiger charge is -2.21. The zero-order chi connectivity index (χ0) is 18.9. The van der Waals surface area contributed by atoms with Gasteiger partial charge in [-0.15, -0.1) is 0 Å². The highest BCUT2D eigenvalue weighted by molar-refractivity contribution is 7.85. The molecular formula is C19H25NO4S. The molecule has 0 saturated carbocycles. The normalized spacial score (nSPS) is 13.3. The van der Waals surface area contributed by atoms with Crippen molar-refractivity contribution in [3.8, 4) is 0 Å². The topological polar surface area (TPSA) is 83.5 Å². The largest absolute Gasteiger partial charge is 0.301 e. The summed E-state index contributed by atoms with van der Waals surface area (Å²) in [6, 6.07) is 19.7. The fourth-order valence-corrected chi connectivity index (χ4v) is 2.32. The molecule has 0 heterocycles. The maximum atomic E-state index is 12.5. The molecule has 0 aromatic heterocycles. The fourth-order valence-electron chi connectivity index (χ4n) is 2.32. The summed E-state index contributed by atoms with van der Waals surface area (Å²) in [5, 5.41) is 3.43. The summed E-state index contributed by atoms with van der Waals surface area (Å²) in [5.74, 6) is 0.163. The lowest BCUT2D eigenvalue weighted by atomic mass is 10.00. The maximum absolute atomic E-state index is 12.5. The Hall–Kier alpha value is -2.02. The molecule has 0 spiro atoms. The third kappa shape index (κ3) is 8.58. The minimum Gasteiger partial charge on any atom is -0.301 e. The molecule has 0 radical (unpaired) electrons. The molecule has 136 valence electrons. The van der Waals surface area contributed by atoms with Crippen LogP contribution in [0.25, 0.3) is 0 Å². The second-order valence-corrected chi connectivity index (χ2v) is 7.19. The van der Waals surface area contributed by atoms with Crippen LogP contribution >= 0.6 is 0 Å². The fraction of sp³-hybridized carbons (Fsp3) is 0.316. The molecule has 0 saturated heterocycles. The van der Waals surface area contributed by atoms with E-state index >= 15 is 0 Å². The predicted molar refractivity (Wildman–Crippen MR) is 100 cm³/mol. The first-order valence-electron chi connectivity index (χ1n) is 8.05. The van der Waals surface area contributed by atoms with E-state index in [2.05, 4.69) is 24.4 Å². The number of nitrogens with one attached hydrogen (secondary N) is 1. The van der Waals surface area contributed by atoms with Crippen LogP contribution in [0.1, 0.15) is 42.2 Å². The van der Waals surface area contributed by atoms with Crippen molar-refractivity contribution in [3.63, 3.8) is 0 Å². The molecular weight excluding hydrogens is 338 g/mol. The minimum absolute atomic E-state index is 0.146. The van der Waals surface area contributed by atoms with Crippen LogP contribution in [0, 0.1) is 0 Å². The van der Waals surface area contributed by atoms with Crippen LogP contribution in [-0.2, 0) is 10.1 Å². The van der Waals surface area contributed by atoms with Crippen LogP contribution in [0.3, 0.4) is 0 Å². The van der Waals surface area contributed by atoms with Gasteiger partial charge in [0.15, 0.2) is 5.78 Å². The third-order valence-electron chi connectivity index (χ3n) is 3.53. The second-order valence-electron chi connectivity index (χ2n) is 5.72. The van der Waals surface area contributed by atoms with Crippen LogP contribution in [0.5, 0.6) is 0 Å². The molecule has 5 nitrogen and oxygen atoms in total. The molecule has 0 bridgehead atoms. The molecule has 6 heteroatoms. The molecule has 2 rings (SSSR count). The van der Waals surface area contributed by atoms with E-state index in [0.717, 1.165) is 12.0 Å². The highest BCUT2D eigenvalue weighted by atomic mass is 32.2. The number of carbonyl (C=O) groups is 1. The van der Waals surface area contributed by atoms with Gasteiger partial charge in [-0.05, 0) is 18.9 Å². The minimum atomic E-state index is -3.67. The summed E-state index contributed by atoms with van der Waals surface area (Å²) in [5.41, 5.74) is 1.97. The summed E-state index contributed by atoms with van der Waals surface area (Å²) in [6.07, 6.45) is 1.50. The van der Waals surface area contributed by atoms with Crippen LogP contribution < -0.4 is 5.32 Å². The summed E-state index contributed by atoms with van der Waals surface area (Å²) in [7, 11) is -3.67. The molecule has 2 atom stereocenters. The number of carbonyl (C=O) groups excluding carboxylic acids is 1. The second kappa shape index (κ2) is 10.1. The first kappa shape index (κ1) is 21.0. The summed E-state index contributed by atoms with van der Waals surface area (Å²) in [4.78, 5) is 12.5. The quantitative estimate of drug-likeness (QED) is 0.606. The SMILES string of the molecule is CC[C@H](N[C@H](C)c1ccccc1)C(=O)c1ccccc1.CS(=O)(=O)O. The van der Waals surface area contributed by atoms with Crippen molar-refractivity contribution < 1.29 is 17.8 Å². The highest BCUT2D eigenvalue weighted by Gasteiger charge is 2.20. The standard InChI is InChI=1S/C18H21NO.CH4O3S/c1-3-17(18(20)16-12-8-5-9-13-16)19-14(2)15-10-6-4-7-11-15;1-5(2,3)4/h4-14,17,19H,3H2,1-2H3;1H3,(H,2,3,4)/t14-,17+;/m1./s1. The van der Waals surface area contributed by atoms with Gasteiger partial charge in [0.05, 0.1) is 12.3 Å². The molecule has 0 unspecified atom stereocenters. The summed E-state index contributed by atoms with van der Waals surface area (Å²) >= 11 is 0. The number of benzene rings is 2. The lowest BCUT2D eigenvalue weighted by molar-refractivity contribution is 0.0934. The van der Waals surface area contributed by atoms with Crippen LogP contribution in [-0.4, -0.2) is 31.1 Å². The predicted octanol–water partition coefficient (Wildman–Crippen LogP) is 3.50. The Balaban J connectivity index is 0.000000550. The first-order valence-corrected chi connectivity index (χ1v) is 9.90. The average Bonchev–Trinajstić information content (AvgIpc) is 2.59. The molecule has 0 aliphatic rings. The van der Waals surface area contributed by atoms with E-state index in [1.54, 1.807) is 0 Å². The van der Waals surface area contributed by atoms with E-state index in [-0.39, 0.29) is 17.9 Å². The highest BCUT2D eigenvalue weighted by Crippen LogP contribution is 2.15. The van der Waals surface area contributed by atoms with Gasteiger partial charge >= 0.3 is 0 Å². The Morgan fingerprint density at radius 3 is 1.92 bits per heavy atom. The van der Waals surface area contributed by atoms with E-state index in [4.69, 9.17) is 4.55 Å². The monoisotopic (exact) mass is 363 g/mol. The Morgan fingerprint density at radius 2 is 1.48 bits per heavy atom. The van der Waals surface area contributed by atoms with Crippen molar-refractivity contribution in [2.75, 3.05) is 6.26 Å². The molecule has 2 aromatic rings. The number of hydrogen-bond donors (Lipinski definition) is 2. The number of ketones is 1. The Bertz CT molecular complexity index is 738. The van der Waals surface area contributed by atoms with Gasteiger partial charge < -0.3 is 5.32 Å². The summed E-state index contributed by atoms with van der Waals surface area (Å²) < 4.78 is 25.9. The summed E-state index contributed by atoms with van der Waals surface area (Å²) in [6.45, 7) is 4.13. The van der Waals surface area contributed by atoms with Crippen LogP contribution in [0.15, 0.2) is 60.7 Å². The molecule has 2 aromatic carbocycles. The van der Waals surface area contributed by atoms with Crippen LogP contribution in [0.4, 0.5) is 0 Å². The van der Waals surface area contributed by atoms with Crippen molar-refractivity contribution >= 4 is 15.9 Å². The zero-order valence-electron chi connectivity index (χ0n) is 14.7. The molecule has 0 aliphatic heterocycles. The molecule has 0 fully saturated rings.